The highest BCUT2D eigenvalue weighted by Gasteiger charge is 2.20. The SMILES string of the molecule is CCC1CCN(Cc2ccc(O)cn2)C1. The van der Waals surface area contributed by atoms with Crippen molar-refractivity contribution in [2.45, 2.75) is 26.3 Å². The van der Waals surface area contributed by atoms with Crippen LogP contribution >= 0.6 is 0 Å². The predicted molar refractivity (Wildman–Crippen MR) is 59.6 cm³/mol. The smallest absolute Gasteiger partial charge is 0.133 e. The van der Waals surface area contributed by atoms with E-state index in [1.807, 2.05) is 6.07 Å². The zero-order valence-corrected chi connectivity index (χ0v) is 9.19. The number of aromatic hydroxyl groups is 1. The Morgan fingerprint density at radius 1 is 1.53 bits per heavy atom. The summed E-state index contributed by atoms with van der Waals surface area (Å²) in [6.07, 6.45) is 4.11. The van der Waals surface area contributed by atoms with Gasteiger partial charge in [0.25, 0.3) is 0 Å². The minimum absolute atomic E-state index is 0.242. The first-order valence-electron chi connectivity index (χ1n) is 5.64. The van der Waals surface area contributed by atoms with Gasteiger partial charge in [0.1, 0.15) is 5.75 Å². The van der Waals surface area contributed by atoms with Crippen molar-refractivity contribution in [3.63, 3.8) is 0 Å². The Hall–Kier alpha value is -1.09. The van der Waals surface area contributed by atoms with Gasteiger partial charge in [-0.2, -0.15) is 0 Å². The molecule has 1 unspecified atom stereocenters. The topological polar surface area (TPSA) is 36.4 Å². The van der Waals surface area contributed by atoms with Crippen LogP contribution in [0.2, 0.25) is 0 Å². The van der Waals surface area contributed by atoms with Gasteiger partial charge in [-0.1, -0.05) is 13.3 Å². The van der Waals surface area contributed by atoms with Crippen LogP contribution in [-0.2, 0) is 6.54 Å². The zero-order chi connectivity index (χ0) is 10.7. The number of likely N-dealkylation sites (tertiary alicyclic amines) is 1. The Labute approximate surface area is 90.8 Å². The maximum absolute atomic E-state index is 9.12. The molecule has 0 bridgehead atoms. The number of rotatable bonds is 3. The Kier molecular flexibility index (Phi) is 3.21. The standard InChI is InChI=1S/C12H18N2O/c1-2-10-5-6-14(8-10)9-11-3-4-12(15)7-13-11/h3-4,7,10,15H,2,5-6,8-9H2,1H3. The van der Waals surface area contributed by atoms with Crippen LogP contribution in [0.5, 0.6) is 5.75 Å². The molecular formula is C12H18N2O. The average Bonchev–Trinajstić information content (AvgIpc) is 2.69. The predicted octanol–water partition coefficient (Wildman–Crippen LogP) is 2.02. The maximum Gasteiger partial charge on any atom is 0.133 e. The summed E-state index contributed by atoms with van der Waals surface area (Å²) in [5.74, 6) is 1.11. The molecule has 2 heterocycles. The molecule has 1 aromatic heterocycles. The van der Waals surface area contributed by atoms with Crippen molar-refractivity contribution in [3.05, 3.63) is 24.0 Å². The number of hydrogen-bond acceptors (Lipinski definition) is 3. The van der Waals surface area contributed by atoms with Gasteiger partial charge in [-0.25, -0.2) is 0 Å². The lowest BCUT2D eigenvalue weighted by molar-refractivity contribution is 0.311. The number of pyridine rings is 1. The third kappa shape index (κ3) is 2.69. The molecule has 0 aliphatic carbocycles. The summed E-state index contributed by atoms with van der Waals surface area (Å²) in [7, 11) is 0. The van der Waals surface area contributed by atoms with Gasteiger partial charge in [-0.15, -0.1) is 0 Å². The fourth-order valence-corrected chi connectivity index (χ4v) is 2.13. The van der Waals surface area contributed by atoms with Crippen LogP contribution in [0.25, 0.3) is 0 Å². The van der Waals surface area contributed by atoms with Crippen molar-refractivity contribution in [2.24, 2.45) is 5.92 Å². The van der Waals surface area contributed by atoms with Gasteiger partial charge in [-0.05, 0) is 31.0 Å². The van der Waals surface area contributed by atoms with E-state index in [2.05, 4.69) is 16.8 Å². The molecule has 15 heavy (non-hydrogen) atoms. The fourth-order valence-electron chi connectivity index (χ4n) is 2.13. The third-order valence-electron chi connectivity index (χ3n) is 3.14. The molecule has 1 aromatic rings. The molecule has 0 aromatic carbocycles. The summed E-state index contributed by atoms with van der Waals surface area (Å²) >= 11 is 0. The summed E-state index contributed by atoms with van der Waals surface area (Å²) in [6, 6.07) is 3.60. The molecular weight excluding hydrogens is 188 g/mol. The highest BCUT2D eigenvalue weighted by molar-refractivity contribution is 5.17. The van der Waals surface area contributed by atoms with E-state index < -0.39 is 0 Å². The van der Waals surface area contributed by atoms with Crippen LogP contribution in [0.4, 0.5) is 0 Å². The second-order valence-corrected chi connectivity index (χ2v) is 4.31. The highest BCUT2D eigenvalue weighted by Crippen LogP contribution is 2.20. The third-order valence-corrected chi connectivity index (χ3v) is 3.14. The molecule has 0 saturated carbocycles. The van der Waals surface area contributed by atoms with Crippen molar-refractivity contribution in [1.29, 1.82) is 0 Å². The molecule has 1 aliphatic heterocycles. The van der Waals surface area contributed by atoms with Gasteiger partial charge in [0.2, 0.25) is 0 Å². The number of hydrogen-bond donors (Lipinski definition) is 1. The van der Waals surface area contributed by atoms with Gasteiger partial charge in [0.15, 0.2) is 0 Å². The fraction of sp³-hybridized carbons (Fsp3) is 0.583. The second-order valence-electron chi connectivity index (χ2n) is 4.31. The van der Waals surface area contributed by atoms with Crippen molar-refractivity contribution >= 4 is 0 Å². The van der Waals surface area contributed by atoms with Crippen LogP contribution in [0.15, 0.2) is 18.3 Å². The van der Waals surface area contributed by atoms with Crippen LogP contribution in [0.1, 0.15) is 25.5 Å². The van der Waals surface area contributed by atoms with Crippen molar-refractivity contribution < 1.29 is 5.11 Å². The van der Waals surface area contributed by atoms with Gasteiger partial charge in [-0.3, -0.25) is 9.88 Å². The van der Waals surface area contributed by atoms with Gasteiger partial charge in [0, 0.05) is 13.1 Å². The summed E-state index contributed by atoms with van der Waals surface area (Å²) < 4.78 is 0. The first-order valence-corrected chi connectivity index (χ1v) is 5.64. The van der Waals surface area contributed by atoms with Crippen molar-refractivity contribution in [3.8, 4) is 5.75 Å². The molecule has 82 valence electrons. The quantitative estimate of drug-likeness (QED) is 0.822. The Morgan fingerprint density at radius 3 is 3.00 bits per heavy atom. The molecule has 0 amide bonds. The molecule has 1 aliphatic rings. The molecule has 3 heteroatoms. The number of nitrogens with zero attached hydrogens (tertiary/aromatic N) is 2. The average molecular weight is 206 g/mol. The van der Waals surface area contributed by atoms with Gasteiger partial charge < -0.3 is 5.11 Å². The van der Waals surface area contributed by atoms with Gasteiger partial charge in [0.05, 0.1) is 11.9 Å². The first kappa shape index (κ1) is 10.4. The van der Waals surface area contributed by atoms with E-state index in [-0.39, 0.29) is 5.75 Å². The lowest BCUT2D eigenvalue weighted by Gasteiger charge is -2.14. The molecule has 3 nitrogen and oxygen atoms in total. The van der Waals surface area contributed by atoms with Gasteiger partial charge >= 0.3 is 0 Å². The Morgan fingerprint density at radius 2 is 2.40 bits per heavy atom. The lowest BCUT2D eigenvalue weighted by Crippen LogP contribution is -2.20. The molecule has 1 fully saturated rings. The zero-order valence-electron chi connectivity index (χ0n) is 9.19. The minimum atomic E-state index is 0.242. The van der Waals surface area contributed by atoms with Crippen LogP contribution in [0, 0.1) is 5.92 Å². The monoisotopic (exact) mass is 206 g/mol. The number of aromatic nitrogens is 1. The molecule has 1 atom stereocenters. The van der Waals surface area contributed by atoms with Crippen molar-refractivity contribution in [2.75, 3.05) is 13.1 Å². The maximum atomic E-state index is 9.12. The highest BCUT2D eigenvalue weighted by atomic mass is 16.3. The summed E-state index contributed by atoms with van der Waals surface area (Å²) in [5.41, 5.74) is 1.05. The summed E-state index contributed by atoms with van der Waals surface area (Å²) in [6.45, 7) is 5.55. The van der Waals surface area contributed by atoms with Crippen molar-refractivity contribution in [1.82, 2.24) is 9.88 Å². The largest absolute Gasteiger partial charge is 0.506 e. The summed E-state index contributed by atoms with van der Waals surface area (Å²) in [5, 5.41) is 9.12. The van der Waals surface area contributed by atoms with E-state index in [0.717, 1.165) is 18.2 Å². The van der Waals surface area contributed by atoms with E-state index >= 15 is 0 Å². The van der Waals surface area contributed by atoms with Crippen LogP contribution in [-0.4, -0.2) is 28.1 Å². The van der Waals surface area contributed by atoms with E-state index in [1.165, 1.54) is 32.1 Å². The first-order chi connectivity index (χ1) is 7.28. The van der Waals surface area contributed by atoms with Crippen LogP contribution < -0.4 is 0 Å². The van der Waals surface area contributed by atoms with E-state index in [0.29, 0.717) is 0 Å². The minimum Gasteiger partial charge on any atom is -0.506 e. The summed E-state index contributed by atoms with van der Waals surface area (Å²) in [4.78, 5) is 6.64. The molecule has 1 N–H and O–H groups in total. The molecule has 1 saturated heterocycles. The molecule has 2 rings (SSSR count). The lowest BCUT2D eigenvalue weighted by atomic mass is 10.1. The normalized spacial score (nSPS) is 22.1. The molecule has 0 radical (unpaired) electrons. The Bertz CT molecular complexity index is 310. The Balaban J connectivity index is 1.90. The molecule has 0 spiro atoms. The second kappa shape index (κ2) is 4.62. The van der Waals surface area contributed by atoms with E-state index in [4.69, 9.17) is 5.11 Å². The van der Waals surface area contributed by atoms with E-state index in [1.54, 1.807) is 6.07 Å². The van der Waals surface area contributed by atoms with E-state index in [9.17, 15) is 0 Å². The van der Waals surface area contributed by atoms with Crippen LogP contribution in [0.3, 0.4) is 0 Å².